The van der Waals surface area contributed by atoms with Crippen LogP contribution in [-0.2, 0) is 28.5 Å². The standard InChI is InChI=1S/C10H16O6/c1-3-13-9(5-11)7-16-10(6-12,8-15-9)14-4-2/h5-6H,3-4,7-8H2,1-2H3. The normalized spacial score (nSPS) is 34.6. The van der Waals surface area contributed by atoms with Gasteiger partial charge in [-0.2, -0.15) is 0 Å². The summed E-state index contributed by atoms with van der Waals surface area (Å²) in [4.78, 5) is 21.7. The highest BCUT2D eigenvalue weighted by Gasteiger charge is 2.46. The molecule has 2 atom stereocenters. The molecule has 1 saturated heterocycles. The molecule has 6 nitrogen and oxygen atoms in total. The number of rotatable bonds is 6. The quantitative estimate of drug-likeness (QED) is 0.595. The van der Waals surface area contributed by atoms with E-state index in [0.717, 1.165) is 0 Å². The van der Waals surface area contributed by atoms with Crippen LogP contribution in [0.5, 0.6) is 0 Å². The average molecular weight is 232 g/mol. The topological polar surface area (TPSA) is 71.1 Å². The van der Waals surface area contributed by atoms with E-state index in [4.69, 9.17) is 18.9 Å². The maximum absolute atomic E-state index is 10.9. The van der Waals surface area contributed by atoms with Gasteiger partial charge in [0.25, 0.3) is 0 Å². The smallest absolute Gasteiger partial charge is 0.250 e. The van der Waals surface area contributed by atoms with Crippen LogP contribution in [0.25, 0.3) is 0 Å². The Balaban J connectivity index is 2.66. The van der Waals surface area contributed by atoms with Crippen molar-refractivity contribution in [1.82, 2.24) is 0 Å². The van der Waals surface area contributed by atoms with Gasteiger partial charge in [0.2, 0.25) is 11.6 Å². The molecule has 0 radical (unpaired) electrons. The molecule has 0 bridgehead atoms. The van der Waals surface area contributed by atoms with E-state index in [2.05, 4.69) is 0 Å². The molecule has 1 aliphatic rings. The second-order valence-electron chi connectivity index (χ2n) is 3.30. The van der Waals surface area contributed by atoms with Crippen LogP contribution >= 0.6 is 0 Å². The summed E-state index contributed by atoms with van der Waals surface area (Å²) in [6, 6.07) is 0. The van der Waals surface area contributed by atoms with Crippen molar-refractivity contribution in [2.24, 2.45) is 0 Å². The van der Waals surface area contributed by atoms with Crippen LogP contribution in [0.4, 0.5) is 0 Å². The molecule has 2 unspecified atom stereocenters. The summed E-state index contributed by atoms with van der Waals surface area (Å²) in [5.41, 5.74) is 0. The number of hydrogen-bond donors (Lipinski definition) is 0. The first-order chi connectivity index (χ1) is 7.66. The van der Waals surface area contributed by atoms with Gasteiger partial charge in [-0.25, -0.2) is 0 Å². The molecule has 0 aromatic rings. The minimum atomic E-state index is -1.42. The van der Waals surface area contributed by atoms with Crippen molar-refractivity contribution < 1.29 is 28.5 Å². The molecule has 0 saturated carbocycles. The molecule has 1 aliphatic heterocycles. The maximum Gasteiger partial charge on any atom is 0.250 e. The van der Waals surface area contributed by atoms with E-state index in [9.17, 15) is 9.59 Å². The van der Waals surface area contributed by atoms with Crippen molar-refractivity contribution in [2.45, 2.75) is 25.4 Å². The van der Waals surface area contributed by atoms with Crippen LogP contribution in [0.3, 0.4) is 0 Å². The molecule has 16 heavy (non-hydrogen) atoms. The lowest BCUT2D eigenvalue weighted by Crippen LogP contribution is -2.57. The van der Waals surface area contributed by atoms with Crippen molar-refractivity contribution in [3.05, 3.63) is 0 Å². The summed E-state index contributed by atoms with van der Waals surface area (Å²) in [6.45, 7) is 3.76. The highest BCUT2D eigenvalue weighted by atomic mass is 16.8. The first kappa shape index (κ1) is 13.2. The monoisotopic (exact) mass is 232 g/mol. The van der Waals surface area contributed by atoms with Gasteiger partial charge in [-0.1, -0.05) is 0 Å². The number of hydrogen-bond acceptors (Lipinski definition) is 6. The summed E-state index contributed by atoms with van der Waals surface area (Å²) in [5.74, 6) is -2.84. The highest BCUT2D eigenvalue weighted by molar-refractivity contribution is 5.63. The zero-order chi connectivity index (χ0) is 12.1. The first-order valence-corrected chi connectivity index (χ1v) is 5.14. The van der Waals surface area contributed by atoms with Crippen LogP contribution < -0.4 is 0 Å². The van der Waals surface area contributed by atoms with Gasteiger partial charge in [-0.3, -0.25) is 9.59 Å². The Morgan fingerprint density at radius 3 is 1.56 bits per heavy atom. The molecule has 0 spiro atoms. The second kappa shape index (κ2) is 5.49. The van der Waals surface area contributed by atoms with E-state index >= 15 is 0 Å². The molecule has 1 fully saturated rings. The van der Waals surface area contributed by atoms with Crippen LogP contribution in [0.1, 0.15) is 13.8 Å². The third kappa shape index (κ3) is 2.65. The first-order valence-electron chi connectivity index (χ1n) is 5.14. The molecule has 1 heterocycles. The fraction of sp³-hybridized carbons (Fsp3) is 0.800. The molecule has 1 rings (SSSR count). The van der Waals surface area contributed by atoms with Crippen LogP contribution in [-0.4, -0.2) is 50.6 Å². The van der Waals surface area contributed by atoms with E-state index in [1.54, 1.807) is 13.8 Å². The van der Waals surface area contributed by atoms with E-state index in [0.29, 0.717) is 25.8 Å². The fourth-order valence-corrected chi connectivity index (χ4v) is 1.39. The van der Waals surface area contributed by atoms with Gasteiger partial charge in [0.1, 0.15) is 13.2 Å². The van der Waals surface area contributed by atoms with E-state index in [1.165, 1.54) is 0 Å². The minimum Gasteiger partial charge on any atom is -0.342 e. The highest BCUT2D eigenvalue weighted by Crippen LogP contribution is 2.25. The SMILES string of the molecule is CCOC1(C=O)COC(C=O)(OCC)CO1. The van der Waals surface area contributed by atoms with Crippen molar-refractivity contribution in [3.63, 3.8) is 0 Å². The Labute approximate surface area is 93.8 Å². The summed E-state index contributed by atoms with van der Waals surface area (Å²) >= 11 is 0. The van der Waals surface area contributed by atoms with Gasteiger partial charge < -0.3 is 18.9 Å². The zero-order valence-electron chi connectivity index (χ0n) is 9.43. The van der Waals surface area contributed by atoms with E-state index in [1.807, 2.05) is 0 Å². The Morgan fingerprint density at radius 1 is 1.00 bits per heavy atom. The van der Waals surface area contributed by atoms with Gasteiger partial charge >= 0.3 is 0 Å². The van der Waals surface area contributed by atoms with Crippen molar-refractivity contribution in [1.29, 1.82) is 0 Å². The average Bonchev–Trinajstić information content (AvgIpc) is 2.33. The summed E-state index contributed by atoms with van der Waals surface area (Å²) in [7, 11) is 0. The van der Waals surface area contributed by atoms with Gasteiger partial charge in [-0.05, 0) is 13.8 Å². The minimum absolute atomic E-state index is 0.164. The molecule has 0 N–H and O–H groups in total. The largest absolute Gasteiger partial charge is 0.342 e. The Kier molecular flexibility index (Phi) is 4.55. The third-order valence-electron chi connectivity index (χ3n) is 2.17. The van der Waals surface area contributed by atoms with Gasteiger partial charge in [0, 0.05) is 13.2 Å². The van der Waals surface area contributed by atoms with E-state index < -0.39 is 11.6 Å². The van der Waals surface area contributed by atoms with Crippen LogP contribution in [0.2, 0.25) is 0 Å². The molecule has 0 aromatic carbocycles. The summed E-state index contributed by atoms with van der Waals surface area (Å²) in [5, 5.41) is 0. The van der Waals surface area contributed by atoms with Crippen LogP contribution in [0.15, 0.2) is 0 Å². The molecule has 0 aliphatic carbocycles. The van der Waals surface area contributed by atoms with E-state index in [-0.39, 0.29) is 13.2 Å². The predicted octanol–water partition coefficient (Wildman–Crippen LogP) is -0.103. The number of carbonyl (C=O) groups excluding carboxylic acids is 2. The molecule has 0 aromatic heterocycles. The van der Waals surface area contributed by atoms with Crippen molar-refractivity contribution >= 4 is 12.6 Å². The predicted molar refractivity (Wildman–Crippen MR) is 52.7 cm³/mol. The second-order valence-corrected chi connectivity index (χ2v) is 3.30. The summed E-state index contributed by atoms with van der Waals surface area (Å²) in [6.07, 6.45) is 1.05. The lowest BCUT2D eigenvalue weighted by molar-refractivity contribution is -0.349. The molecular weight excluding hydrogens is 216 g/mol. The summed E-state index contributed by atoms with van der Waals surface area (Å²) < 4.78 is 20.8. The number of ether oxygens (including phenoxy) is 4. The molecule has 92 valence electrons. The Hall–Kier alpha value is -0.820. The van der Waals surface area contributed by atoms with Crippen molar-refractivity contribution in [3.8, 4) is 0 Å². The van der Waals surface area contributed by atoms with Gasteiger partial charge in [-0.15, -0.1) is 0 Å². The van der Waals surface area contributed by atoms with Gasteiger partial charge in [0.05, 0.1) is 0 Å². The van der Waals surface area contributed by atoms with Gasteiger partial charge in [0.15, 0.2) is 12.6 Å². The number of aldehydes is 2. The molecule has 0 amide bonds. The Bertz CT molecular complexity index is 218. The zero-order valence-corrected chi connectivity index (χ0v) is 9.43. The third-order valence-corrected chi connectivity index (χ3v) is 2.17. The lowest BCUT2D eigenvalue weighted by Gasteiger charge is -2.39. The maximum atomic E-state index is 10.9. The molecule has 6 heteroatoms. The van der Waals surface area contributed by atoms with Crippen molar-refractivity contribution in [2.75, 3.05) is 26.4 Å². The fourth-order valence-electron chi connectivity index (χ4n) is 1.39. The molecular formula is C10H16O6. The lowest BCUT2D eigenvalue weighted by atomic mass is 10.2. The number of carbonyl (C=O) groups is 2. The van der Waals surface area contributed by atoms with Crippen LogP contribution in [0, 0.1) is 0 Å². The Morgan fingerprint density at radius 2 is 1.38 bits per heavy atom.